The van der Waals surface area contributed by atoms with E-state index in [1.54, 1.807) is 6.07 Å². The number of piperidine rings is 1. The van der Waals surface area contributed by atoms with Crippen molar-refractivity contribution in [1.82, 2.24) is 4.90 Å². The van der Waals surface area contributed by atoms with Crippen LogP contribution >= 0.6 is 0 Å². The van der Waals surface area contributed by atoms with Crippen molar-refractivity contribution in [2.75, 3.05) is 19.6 Å². The molecule has 0 radical (unpaired) electrons. The summed E-state index contributed by atoms with van der Waals surface area (Å²) in [6, 6.07) is 17.4. The van der Waals surface area contributed by atoms with Gasteiger partial charge >= 0.3 is 5.97 Å². The van der Waals surface area contributed by atoms with E-state index in [9.17, 15) is 15.0 Å². The second-order valence-corrected chi connectivity index (χ2v) is 7.45. The van der Waals surface area contributed by atoms with E-state index in [0.29, 0.717) is 30.6 Å². The van der Waals surface area contributed by atoms with Gasteiger partial charge in [0.2, 0.25) is 0 Å². The Morgan fingerprint density at radius 2 is 1.96 bits per heavy atom. The van der Waals surface area contributed by atoms with Crippen molar-refractivity contribution in [3.05, 3.63) is 65.7 Å². The molecule has 0 aromatic heterocycles. The predicted octanol–water partition coefficient (Wildman–Crippen LogP) is 3.76. The Morgan fingerprint density at radius 3 is 2.62 bits per heavy atom. The Hall–Kier alpha value is -2.33. The van der Waals surface area contributed by atoms with E-state index >= 15 is 0 Å². The van der Waals surface area contributed by atoms with Crippen LogP contribution in [0.4, 0.5) is 0 Å². The fourth-order valence-electron chi connectivity index (χ4n) is 4.09. The van der Waals surface area contributed by atoms with E-state index in [1.807, 2.05) is 42.5 Å². The van der Waals surface area contributed by atoms with Gasteiger partial charge in [-0.3, -0.25) is 4.79 Å². The van der Waals surface area contributed by atoms with E-state index < -0.39 is 5.97 Å². The minimum Gasteiger partial charge on any atom is -0.508 e. The lowest BCUT2D eigenvalue weighted by molar-refractivity contribution is -0.142. The number of carbonyl (C=O) groups is 1. The third-order valence-corrected chi connectivity index (χ3v) is 5.44. The van der Waals surface area contributed by atoms with Crippen molar-refractivity contribution in [2.24, 2.45) is 11.8 Å². The Labute approximate surface area is 155 Å². The maximum absolute atomic E-state index is 11.7. The van der Waals surface area contributed by atoms with Gasteiger partial charge < -0.3 is 15.1 Å². The minimum atomic E-state index is -0.725. The minimum absolute atomic E-state index is 0.311. The van der Waals surface area contributed by atoms with E-state index in [0.717, 1.165) is 25.1 Å². The Morgan fingerprint density at radius 1 is 1.19 bits per heavy atom. The summed E-state index contributed by atoms with van der Waals surface area (Å²) in [5.41, 5.74) is 2.25. The van der Waals surface area contributed by atoms with E-state index in [4.69, 9.17) is 0 Å². The highest BCUT2D eigenvalue weighted by Gasteiger charge is 2.30. The third kappa shape index (κ3) is 4.64. The number of rotatable bonds is 6. The number of benzene rings is 2. The van der Waals surface area contributed by atoms with Crippen LogP contribution in [0.2, 0.25) is 0 Å². The van der Waals surface area contributed by atoms with Gasteiger partial charge in [0, 0.05) is 13.1 Å². The Bertz CT molecular complexity index is 731. The number of aliphatic carboxylic acids is 1. The first-order valence-electron chi connectivity index (χ1n) is 9.31. The first-order chi connectivity index (χ1) is 12.5. The number of hydrogen-bond acceptors (Lipinski definition) is 3. The van der Waals surface area contributed by atoms with Gasteiger partial charge in [-0.05, 0) is 54.5 Å². The summed E-state index contributed by atoms with van der Waals surface area (Å²) >= 11 is 0. The average Bonchev–Trinajstić information content (AvgIpc) is 2.62. The number of likely N-dealkylation sites (tertiary alicyclic amines) is 1. The molecular weight excluding hydrogens is 326 g/mol. The van der Waals surface area contributed by atoms with Crippen molar-refractivity contribution >= 4 is 5.97 Å². The largest absolute Gasteiger partial charge is 0.508 e. The topological polar surface area (TPSA) is 60.8 Å². The molecule has 1 heterocycles. The second kappa shape index (κ2) is 8.37. The summed E-state index contributed by atoms with van der Waals surface area (Å²) in [5.74, 6) is 0.0388. The highest BCUT2D eigenvalue weighted by Crippen LogP contribution is 2.34. The summed E-state index contributed by atoms with van der Waals surface area (Å²) in [6.07, 6.45) is 1.55. The molecule has 0 aliphatic carbocycles. The van der Waals surface area contributed by atoms with Crippen LogP contribution in [0.25, 0.3) is 0 Å². The molecule has 4 heteroatoms. The summed E-state index contributed by atoms with van der Waals surface area (Å²) < 4.78 is 0. The van der Waals surface area contributed by atoms with Gasteiger partial charge in [-0.25, -0.2) is 0 Å². The predicted molar refractivity (Wildman–Crippen MR) is 102 cm³/mol. The highest BCUT2D eigenvalue weighted by molar-refractivity contribution is 5.70. The van der Waals surface area contributed by atoms with Gasteiger partial charge in [0.15, 0.2) is 0 Å². The highest BCUT2D eigenvalue weighted by atomic mass is 16.4. The number of phenolic OH excluding ortho intramolecular Hbond substituents is 1. The van der Waals surface area contributed by atoms with Crippen LogP contribution < -0.4 is 0 Å². The number of carboxylic acids is 1. The average molecular weight is 353 g/mol. The molecule has 1 aliphatic heterocycles. The first-order valence-corrected chi connectivity index (χ1v) is 9.31. The van der Waals surface area contributed by atoms with Crippen LogP contribution in [-0.2, 0) is 11.2 Å². The number of aromatic hydroxyl groups is 1. The molecule has 0 spiro atoms. The normalized spacial score (nSPS) is 22.0. The maximum Gasteiger partial charge on any atom is 0.308 e. The van der Waals surface area contributed by atoms with Gasteiger partial charge in [0.25, 0.3) is 0 Å². The lowest BCUT2D eigenvalue weighted by atomic mass is 9.81. The zero-order valence-corrected chi connectivity index (χ0v) is 15.2. The van der Waals surface area contributed by atoms with Gasteiger partial charge in [-0.1, -0.05) is 49.4 Å². The third-order valence-electron chi connectivity index (χ3n) is 5.44. The quantitative estimate of drug-likeness (QED) is 0.830. The monoisotopic (exact) mass is 353 g/mol. The molecule has 2 aromatic rings. The SMILES string of the molecule is CC1CN(CC(Cc2ccccc2)C(=O)O)CCC1c1cccc(O)c1. The zero-order chi connectivity index (χ0) is 18.5. The first kappa shape index (κ1) is 18.5. The number of phenols is 1. The summed E-state index contributed by atoms with van der Waals surface area (Å²) in [5, 5.41) is 19.4. The van der Waals surface area contributed by atoms with Crippen LogP contribution in [0.1, 0.15) is 30.4 Å². The number of hydrogen-bond donors (Lipinski definition) is 2. The molecule has 1 fully saturated rings. The van der Waals surface area contributed by atoms with E-state index in [-0.39, 0.29) is 5.92 Å². The number of nitrogens with zero attached hydrogens (tertiary/aromatic N) is 1. The Balaban J connectivity index is 1.61. The van der Waals surface area contributed by atoms with Crippen molar-refractivity contribution in [1.29, 1.82) is 0 Å². The molecule has 4 nitrogen and oxygen atoms in total. The lowest BCUT2D eigenvalue weighted by Gasteiger charge is -2.38. The molecule has 0 amide bonds. The molecule has 26 heavy (non-hydrogen) atoms. The molecule has 1 saturated heterocycles. The molecule has 1 aliphatic rings. The van der Waals surface area contributed by atoms with Crippen LogP contribution in [0.5, 0.6) is 5.75 Å². The molecule has 0 bridgehead atoms. The second-order valence-electron chi connectivity index (χ2n) is 7.45. The molecule has 138 valence electrons. The van der Waals surface area contributed by atoms with Gasteiger partial charge in [-0.2, -0.15) is 0 Å². The fraction of sp³-hybridized carbons (Fsp3) is 0.409. The lowest BCUT2D eigenvalue weighted by Crippen LogP contribution is -2.42. The van der Waals surface area contributed by atoms with Crippen LogP contribution in [0.15, 0.2) is 54.6 Å². The van der Waals surface area contributed by atoms with Crippen molar-refractivity contribution in [3.8, 4) is 5.75 Å². The van der Waals surface area contributed by atoms with Crippen molar-refractivity contribution < 1.29 is 15.0 Å². The summed E-state index contributed by atoms with van der Waals surface area (Å²) in [6.45, 7) is 4.58. The molecule has 3 unspecified atom stereocenters. The molecule has 2 N–H and O–H groups in total. The fourth-order valence-corrected chi connectivity index (χ4v) is 4.09. The molecule has 3 rings (SSSR count). The van der Waals surface area contributed by atoms with Crippen molar-refractivity contribution in [2.45, 2.75) is 25.7 Å². The standard InChI is InChI=1S/C22H27NO3/c1-16-14-23(11-10-21(16)18-8-5-9-20(24)13-18)15-19(22(25)26)12-17-6-3-2-4-7-17/h2-9,13,16,19,21,24H,10-12,14-15H2,1H3,(H,25,26). The Kier molecular flexibility index (Phi) is 5.94. The molecular formula is C22H27NO3. The van der Waals surface area contributed by atoms with Gasteiger partial charge in [-0.15, -0.1) is 0 Å². The number of carboxylic acid groups (broad SMARTS) is 1. The van der Waals surface area contributed by atoms with Crippen molar-refractivity contribution in [3.63, 3.8) is 0 Å². The molecule has 0 saturated carbocycles. The maximum atomic E-state index is 11.7. The van der Waals surface area contributed by atoms with E-state index in [1.165, 1.54) is 5.56 Å². The molecule has 3 atom stereocenters. The van der Waals surface area contributed by atoms with Gasteiger partial charge in [0.1, 0.15) is 5.75 Å². The smallest absolute Gasteiger partial charge is 0.308 e. The molecule has 2 aromatic carbocycles. The summed E-state index contributed by atoms with van der Waals surface area (Å²) in [7, 11) is 0. The van der Waals surface area contributed by atoms with Crippen LogP contribution in [0, 0.1) is 11.8 Å². The van der Waals surface area contributed by atoms with Crippen LogP contribution in [-0.4, -0.2) is 40.7 Å². The zero-order valence-electron chi connectivity index (χ0n) is 15.2. The van der Waals surface area contributed by atoms with Crippen LogP contribution in [0.3, 0.4) is 0 Å². The summed E-state index contributed by atoms with van der Waals surface area (Å²) in [4.78, 5) is 14.0. The van der Waals surface area contributed by atoms with E-state index in [2.05, 4.69) is 17.9 Å². The van der Waals surface area contributed by atoms with Gasteiger partial charge in [0.05, 0.1) is 5.92 Å².